The van der Waals surface area contributed by atoms with E-state index >= 15 is 0 Å². The summed E-state index contributed by atoms with van der Waals surface area (Å²) in [7, 11) is -2.51. The second-order valence-electron chi connectivity index (χ2n) is 7.94. The van der Waals surface area contributed by atoms with Crippen LogP contribution >= 0.6 is 0 Å². The van der Waals surface area contributed by atoms with Gasteiger partial charge in [-0.1, -0.05) is 18.9 Å². The van der Waals surface area contributed by atoms with E-state index in [1.807, 2.05) is 18.2 Å². The van der Waals surface area contributed by atoms with Gasteiger partial charge in [-0.2, -0.15) is 0 Å². The average molecular weight is 447 g/mol. The van der Waals surface area contributed by atoms with Crippen molar-refractivity contribution in [3.05, 3.63) is 47.5 Å². The highest BCUT2D eigenvalue weighted by Gasteiger charge is 2.37. The van der Waals surface area contributed by atoms with E-state index in [0.717, 1.165) is 42.7 Å². The second kappa shape index (κ2) is 8.39. The van der Waals surface area contributed by atoms with Gasteiger partial charge < -0.3 is 19.5 Å². The first-order chi connectivity index (χ1) is 14.8. The topological polar surface area (TPSA) is 117 Å². The van der Waals surface area contributed by atoms with Crippen LogP contribution in [0.15, 0.2) is 41.3 Å². The van der Waals surface area contributed by atoms with Gasteiger partial charge in [-0.05, 0) is 48.7 Å². The number of ether oxygens (including phenoxy) is 3. The van der Waals surface area contributed by atoms with Gasteiger partial charge in [0, 0.05) is 12.0 Å². The first kappa shape index (κ1) is 21.5. The van der Waals surface area contributed by atoms with Crippen molar-refractivity contribution in [2.24, 2.45) is 5.14 Å². The third-order valence-electron chi connectivity index (χ3n) is 6.05. The van der Waals surface area contributed by atoms with Crippen molar-refractivity contribution in [1.29, 1.82) is 0 Å². The fourth-order valence-corrected chi connectivity index (χ4v) is 4.92. The highest BCUT2D eigenvalue weighted by molar-refractivity contribution is 7.89. The predicted molar refractivity (Wildman–Crippen MR) is 114 cm³/mol. The molecule has 0 spiro atoms. The van der Waals surface area contributed by atoms with E-state index < -0.39 is 15.9 Å². The molecule has 2 aromatic rings. The van der Waals surface area contributed by atoms with Crippen LogP contribution < -0.4 is 24.7 Å². The fourth-order valence-electron chi connectivity index (χ4n) is 4.38. The lowest BCUT2D eigenvalue weighted by Gasteiger charge is -2.31. The summed E-state index contributed by atoms with van der Waals surface area (Å²) in [6, 6.07) is 9.96. The SMILES string of the molecule is COc1ccc(S(N)(=O)=O)cc1C(=O)NCC1(c2ccc3c(c2)OCCO3)CCCC1. The van der Waals surface area contributed by atoms with Gasteiger partial charge in [0.05, 0.1) is 17.6 Å². The monoisotopic (exact) mass is 446 g/mol. The maximum atomic E-state index is 13.0. The highest BCUT2D eigenvalue weighted by Crippen LogP contribution is 2.44. The molecule has 0 radical (unpaired) electrons. The molecule has 166 valence electrons. The molecule has 2 aromatic carbocycles. The fraction of sp³-hybridized carbons (Fsp3) is 0.409. The number of benzene rings is 2. The molecular formula is C22H26N2O6S. The molecule has 0 bridgehead atoms. The maximum Gasteiger partial charge on any atom is 0.255 e. The Bertz CT molecular complexity index is 1090. The van der Waals surface area contributed by atoms with Crippen molar-refractivity contribution < 1.29 is 27.4 Å². The second-order valence-corrected chi connectivity index (χ2v) is 9.50. The molecule has 9 heteroatoms. The molecule has 3 N–H and O–H groups in total. The summed E-state index contributed by atoms with van der Waals surface area (Å²) in [6.45, 7) is 1.46. The average Bonchev–Trinajstić information content (AvgIpc) is 3.26. The minimum absolute atomic E-state index is 0.129. The lowest BCUT2D eigenvalue weighted by Crippen LogP contribution is -2.39. The number of carbonyl (C=O) groups excluding carboxylic acids is 1. The van der Waals surface area contributed by atoms with Crippen molar-refractivity contribution in [1.82, 2.24) is 5.32 Å². The lowest BCUT2D eigenvalue weighted by molar-refractivity contribution is 0.0939. The number of nitrogens with one attached hydrogen (secondary N) is 1. The normalized spacial score (nSPS) is 17.2. The molecule has 0 saturated heterocycles. The quantitative estimate of drug-likeness (QED) is 0.704. The van der Waals surface area contributed by atoms with E-state index in [1.165, 1.54) is 25.3 Å². The van der Waals surface area contributed by atoms with E-state index in [-0.39, 0.29) is 21.6 Å². The third kappa shape index (κ3) is 4.33. The minimum atomic E-state index is -3.94. The lowest BCUT2D eigenvalue weighted by atomic mass is 9.78. The van der Waals surface area contributed by atoms with Gasteiger partial charge in [0.1, 0.15) is 19.0 Å². The molecule has 4 rings (SSSR count). The van der Waals surface area contributed by atoms with Crippen molar-refractivity contribution in [2.45, 2.75) is 36.0 Å². The molecule has 1 saturated carbocycles. The van der Waals surface area contributed by atoms with E-state index in [4.69, 9.17) is 19.3 Å². The van der Waals surface area contributed by atoms with Crippen LogP contribution in [0.2, 0.25) is 0 Å². The Kier molecular flexibility index (Phi) is 5.81. The van der Waals surface area contributed by atoms with Crippen LogP contribution in [0.25, 0.3) is 0 Å². The predicted octanol–water partition coefficient (Wildman–Crippen LogP) is 2.36. The summed E-state index contributed by atoms with van der Waals surface area (Å²) in [5, 5.41) is 8.21. The van der Waals surface area contributed by atoms with E-state index in [0.29, 0.717) is 19.8 Å². The Balaban J connectivity index is 1.59. The van der Waals surface area contributed by atoms with Crippen molar-refractivity contribution in [3.8, 4) is 17.2 Å². The minimum Gasteiger partial charge on any atom is -0.496 e. The number of rotatable bonds is 6. The molecule has 0 aromatic heterocycles. The molecule has 1 aliphatic heterocycles. The van der Waals surface area contributed by atoms with E-state index in [9.17, 15) is 13.2 Å². The molecular weight excluding hydrogens is 420 g/mol. The molecule has 0 atom stereocenters. The van der Waals surface area contributed by atoms with Crippen LogP contribution in [0, 0.1) is 0 Å². The van der Waals surface area contributed by atoms with E-state index in [2.05, 4.69) is 5.32 Å². The molecule has 1 aliphatic carbocycles. The number of fused-ring (bicyclic) bond motifs is 1. The van der Waals surface area contributed by atoms with Crippen LogP contribution in [-0.2, 0) is 15.4 Å². The highest BCUT2D eigenvalue weighted by atomic mass is 32.2. The van der Waals surface area contributed by atoms with Crippen molar-refractivity contribution in [3.63, 3.8) is 0 Å². The van der Waals surface area contributed by atoms with E-state index in [1.54, 1.807) is 0 Å². The third-order valence-corrected chi connectivity index (χ3v) is 6.96. The van der Waals surface area contributed by atoms with Crippen LogP contribution in [0.4, 0.5) is 0 Å². The number of hydrogen-bond acceptors (Lipinski definition) is 6. The molecule has 8 nitrogen and oxygen atoms in total. The summed E-state index contributed by atoms with van der Waals surface area (Å²) >= 11 is 0. The zero-order valence-corrected chi connectivity index (χ0v) is 18.2. The molecule has 0 unspecified atom stereocenters. The van der Waals surface area contributed by atoms with Gasteiger partial charge in [-0.25, -0.2) is 13.6 Å². The summed E-state index contributed by atoms with van der Waals surface area (Å²) < 4.78 is 40.0. The van der Waals surface area contributed by atoms with Crippen molar-refractivity contribution >= 4 is 15.9 Å². The Morgan fingerprint density at radius 3 is 2.48 bits per heavy atom. The number of amides is 1. The van der Waals surface area contributed by atoms with Crippen molar-refractivity contribution in [2.75, 3.05) is 26.9 Å². The van der Waals surface area contributed by atoms with Crippen LogP contribution in [-0.4, -0.2) is 41.2 Å². The summed E-state index contributed by atoms with van der Waals surface area (Å²) in [5.41, 5.74) is 1.00. The van der Waals surface area contributed by atoms with Crippen LogP contribution in [0.3, 0.4) is 0 Å². The Morgan fingerprint density at radius 2 is 1.81 bits per heavy atom. The molecule has 31 heavy (non-hydrogen) atoms. The Morgan fingerprint density at radius 1 is 1.10 bits per heavy atom. The van der Waals surface area contributed by atoms with Gasteiger partial charge in [-0.15, -0.1) is 0 Å². The first-order valence-corrected chi connectivity index (χ1v) is 11.8. The standard InChI is InChI=1S/C22H26N2O6S/c1-28-18-7-5-16(31(23,26)27)13-17(18)21(25)24-14-22(8-2-3-9-22)15-4-6-19-20(12-15)30-11-10-29-19/h4-7,12-13H,2-3,8-11,14H2,1H3,(H,24,25)(H2,23,26,27). The Labute approximate surface area is 181 Å². The number of nitrogens with two attached hydrogens (primary N) is 1. The zero-order chi connectivity index (χ0) is 22.1. The summed E-state index contributed by atoms with van der Waals surface area (Å²) in [5.74, 6) is 1.33. The van der Waals surface area contributed by atoms with Gasteiger partial charge in [0.15, 0.2) is 11.5 Å². The molecule has 1 heterocycles. The number of hydrogen-bond donors (Lipinski definition) is 2. The largest absolute Gasteiger partial charge is 0.496 e. The molecule has 1 fully saturated rings. The first-order valence-electron chi connectivity index (χ1n) is 10.2. The zero-order valence-electron chi connectivity index (χ0n) is 17.3. The number of carbonyl (C=O) groups is 1. The van der Waals surface area contributed by atoms with Gasteiger partial charge in [0.25, 0.3) is 5.91 Å². The summed E-state index contributed by atoms with van der Waals surface area (Å²) in [6.07, 6.45) is 3.99. The van der Waals surface area contributed by atoms with Gasteiger partial charge in [-0.3, -0.25) is 4.79 Å². The smallest absolute Gasteiger partial charge is 0.255 e. The molecule has 1 amide bonds. The van der Waals surface area contributed by atoms with Gasteiger partial charge >= 0.3 is 0 Å². The Hall–Kier alpha value is -2.78. The maximum absolute atomic E-state index is 13.0. The molecule has 2 aliphatic rings. The van der Waals surface area contributed by atoms with Crippen LogP contribution in [0.1, 0.15) is 41.6 Å². The van der Waals surface area contributed by atoms with Crippen LogP contribution in [0.5, 0.6) is 17.2 Å². The number of sulfonamides is 1. The summed E-state index contributed by atoms with van der Waals surface area (Å²) in [4.78, 5) is 12.9. The van der Waals surface area contributed by atoms with Gasteiger partial charge in [0.2, 0.25) is 10.0 Å². The number of primary sulfonamides is 1. The number of methoxy groups -OCH3 is 1.